The number of alkyl carbamates (subject to hydrolysis) is 1. The molecule has 0 aromatic carbocycles. The van der Waals surface area contributed by atoms with Gasteiger partial charge in [-0.3, -0.25) is 5.32 Å². The summed E-state index contributed by atoms with van der Waals surface area (Å²) in [5.74, 6) is 0. The Kier molecular flexibility index (Phi) is 4.42. The molecule has 0 aromatic heterocycles. The van der Waals surface area contributed by atoms with E-state index in [0.29, 0.717) is 0 Å². The summed E-state index contributed by atoms with van der Waals surface area (Å²) in [5.41, 5.74) is 0.513. The van der Waals surface area contributed by atoms with Gasteiger partial charge in [0.1, 0.15) is 10.8 Å². The van der Waals surface area contributed by atoms with Gasteiger partial charge in [-0.05, 0) is 20.8 Å². The van der Waals surface area contributed by atoms with Crippen molar-refractivity contribution in [3.8, 4) is 0 Å². The molecule has 0 radical (unpaired) electrons. The Hall–Kier alpha value is -0.410. The van der Waals surface area contributed by atoms with Crippen LogP contribution in [0.2, 0.25) is 0 Å². The minimum absolute atomic E-state index is 0.0333. The first kappa shape index (κ1) is 11.6. The molecule has 0 spiro atoms. The zero-order chi connectivity index (χ0) is 9.78. The van der Waals surface area contributed by atoms with E-state index in [9.17, 15) is 4.79 Å². The van der Waals surface area contributed by atoms with Gasteiger partial charge in [0.15, 0.2) is 0 Å². The molecule has 3 nitrogen and oxygen atoms in total. The van der Waals surface area contributed by atoms with Crippen molar-refractivity contribution in [2.45, 2.75) is 26.4 Å². The Bertz CT molecular complexity index is 196. The molecule has 0 rings (SSSR count). The van der Waals surface area contributed by atoms with Crippen LogP contribution in [0.25, 0.3) is 0 Å². The third-order valence-corrected chi connectivity index (χ3v) is 1.25. The molecule has 12 heavy (non-hydrogen) atoms. The number of carbonyl (C=O) groups is 1. The van der Waals surface area contributed by atoms with E-state index >= 15 is 0 Å². The molecule has 0 aliphatic heterocycles. The molecule has 0 aromatic rings. The average molecular weight is 212 g/mol. The summed E-state index contributed by atoms with van der Waals surface area (Å²) in [4.78, 5) is 10.9. The second-order valence-electron chi connectivity index (χ2n) is 3.08. The van der Waals surface area contributed by atoms with Crippen molar-refractivity contribution in [3.05, 3.63) is 10.7 Å². The first-order valence-corrected chi connectivity index (χ1v) is 4.12. The Morgan fingerprint density at radius 3 is 2.33 bits per heavy atom. The van der Waals surface area contributed by atoms with Crippen LogP contribution in [-0.4, -0.2) is 11.7 Å². The van der Waals surface area contributed by atoms with Gasteiger partial charge in [0, 0.05) is 5.54 Å². The molecule has 0 heterocycles. The van der Waals surface area contributed by atoms with Gasteiger partial charge in [-0.25, -0.2) is 4.79 Å². The second kappa shape index (κ2) is 4.58. The van der Waals surface area contributed by atoms with E-state index in [1.807, 2.05) is 0 Å². The van der Waals surface area contributed by atoms with E-state index in [1.54, 1.807) is 20.8 Å². The molecule has 0 fully saturated rings. The lowest BCUT2D eigenvalue weighted by molar-refractivity contribution is 0.0550. The smallest absolute Gasteiger partial charge is 0.412 e. The first-order chi connectivity index (χ1) is 5.35. The molecule has 1 N–H and O–H groups in total. The minimum atomic E-state index is -0.621. The third kappa shape index (κ3) is 6.31. The normalized spacial score (nSPS) is 12.6. The molecule has 0 aliphatic rings. The van der Waals surface area contributed by atoms with Crippen molar-refractivity contribution in [1.82, 2.24) is 5.32 Å². The molecule has 0 unspecified atom stereocenters. The standard InChI is InChI=1S/C7H11Cl2NO2/c1-7(2,3)12-6(11)10-5(9)4-8/h4H,1-3H3,(H,10,11). The van der Waals surface area contributed by atoms with Gasteiger partial charge in [0.25, 0.3) is 0 Å². The van der Waals surface area contributed by atoms with E-state index in [0.717, 1.165) is 5.54 Å². The minimum Gasteiger partial charge on any atom is -0.444 e. The summed E-state index contributed by atoms with van der Waals surface area (Å²) in [5, 5.41) is 2.25. The van der Waals surface area contributed by atoms with E-state index in [2.05, 4.69) is 5.32 Å². The number of ether oxygens (including phenoxy) is 1. The fourth-order valence-corrected chi connectivity index (χ4v) is 0.560. The summed E-state index contributed by atoms with van der Waals surface area (Å²) < 4.78 is 4.88. The maximum atomic E-state index is 10.9. The molecule has 0 saturated carbocycles. The fourth-order valence-electron chi connectivity index (χ4n) is 0.428. The quantitative estimate of drug-likeness (QED) is 0.678. The van der Waals surface area contributed by atoms with Crippen molar-refractivity contribution in [1.29, 1.82) is 0 Å². The Labute approximate surface area is 81.7 Å². The van der Waals surface area contributed by atoms with Gasteiger partial charge >= 0.3 is 6.09 Å². The summed E-state index contributed by atoms with van der Waals surface area (Å²) in [6, 6.07) is 0. The number of halogens is 2. The predicted octanol–water partition coefficient (Wildman–Crippen LogP) is 2.79. The Morgan fingerprint density at radius 2 is 2.00 bits per heavy atom. The molecular weight excluding hydrogens is 201 g/mol. The van der Waals surface area contributed by atoms with Crippen LogP contribution in [0.1, 0.15) is 20.8 Å². The zero-order valence-corrected chi connectivity index (χ0v) is 8.66. The highest BCUT2D eigenvalue weighted by Crippen LogP contribution is 2.08. The van der Waals surface area contributed by atoms with Crippen LogP contribution in [0.15, 0.2) is 10.7 Å². The van der Waals surface area contributed by atoms with Gasteiger partial charge in [0.2, 0.25) is 0 Å². The highest BCUT2D eigenvalue weighted by atomic mass is 35.5. The van der Waals surface area contributed by atoms with Crippen molar-refractivity contribution in [2.24, 2.45) is 0 Å². The van der Waals surface area contributed by atoms with E-state index < -0.39 is 11.7 Å². The molecule has 5 heteroatoms. The molecule has 0 atom stereocenters. The van der Waals surface area contributed by atoms with Crippen molar-refractivity contribution in [2.75, 3.05) is 0 Å². The summed E-state index contributed by atoms with van der Waals surface area (Å²) in [7, 11) is 0. The van der Waals surface area contributed by atoms with Crippen LogP contribution in [0.3, 0.4) is 0 Å². The molecule has 0 aliphatic carbocycles. The van der Waals surface area contributed by atoms with Crippen molar-refractivity contribution < 1.29 is 9.53 Å². The fraction of sp³-hybridized carbons (Fsp3) is 0.571. The highest BCUT2D eigenvalue weighted by molar-refractivity contribution is 6.36. The number of carbonyl (C=O) groups excluding carboxylic acids is 1. The van der Waals surface area contributed by atoms with E-state index in [1.165, 1.54) is 0 Å². The van der Waals surface area contributed by atoms with Crippen LogP contribution in [0, 0.1) is 0 Å². The van der Waals surface area contributed by atoms with Crippen molar-refractivity contribution >= 4 is 29.3 Å². The van der Waals surface area contributed by atoms with Gasteiger partial charge in [-0.1, -0.05) is 23.2 Å². The molecular formula is C7H11Cl2NO2. The lowest BCUT2D eigenvalue weighted by Gasteiger charge is -2.19. The molecule has 0 saturated heterocycles. The Balaban J connectivity index is 3.92. The number of hydrogen-bond acceptors (Lipinski definition) is 2. The first-order valence-electron chi connectivity index (χ1n) is 3.31. The zero-order valence-electron chi connectivity index (χ0n) is 7.15. The monoisotopic (exact) mass is 211 g/mol. The van der Waals surface area contributed by atoms with E-state index in [-0.39, 0.29) is 5.16 Å². The van der Waals surface area contributed by atoms with Gasteiger partial charge in [0.05, 0.1) is 0 Å². The lowest BCUT2D eigenvalue weighted by atomic mass is 10.2. The molecule has 1 amide bonds. The average Bonchev–Trinajstić information content (AvgIpc) is 1.82. The summed E-state index contributed by atoms with van der Waals surface area (Å²) >= 11 is 10.6. The van der Waals surface area contributed by atoms with Crippen LogP contribution in [0.4, 0.5) is 4.79 Å². The Morgan fingerprint density at radius 1 is 1.50 bits per heavy atom. The van der Waals surface area contributed by atoms with Crippen LogP contribution in [-0.2, 0) is 4.74 Å². The number of nitrogens with one attached hydrogen (secondary N) is 1. The predicted molar refractivity (Wildman–Crippen MR) is 49.2 cm³/mol. The largest absolute Gasteiger partial charge is 0.444 e. The number of rotatable bonds is 1. The van der Waals surface area contributed by atoms with Crippen LogP contribution < -0.4 is 5.32 Å². The van der Waals surface area contributed by atoms with Gasteiger partial charge in [-0.2, -0.15) is 0 Å². The summed E-state index contributed by atoms with van der Waals surface area (Å²) in [6.07, 6.45) is -0.621. The van der Waals surface area contributed by atoms with Crippen LogP contribution in [0.5, 0.6) is 0 Å². The maximum absolute atomic E-state index is 10.9. The maximum Gasteiger partial charge on any atom is 0.412 e. The molecule has 70 valence electrons. The topological polar surface area (TPSA) is 38.3 Å². The molecule has 0 bridgehead atoms. The van der Waals surface area contributed by atoms with Gasteiger partial charge < -0.3 is 4.74 Å². The lowest BCUT2D eigenvalue weighted by Crippen LogP contribution is -2.30. The van der Waals surface area contributed by atoms with Crippen molar-refractivity contribution in [3.63, 3.8) is 0 Å². The van der Waals surface area contributed by atoms with Gasteiger partial charge in [-0.15, -0.1) is 0 Å². The number of hydrogen-bond donors (Lipinski definition) is 1. The number of amides is 1. The van der Waals surface area contributed by atoms with E-state index in [4.69, 9.17) is 27.9 Å². The second-order valence-corrected chi connectivity index (χ2v) is 3.71. The van der Waals surface area contributed by atoms with Crippen LogP contribution >= 0.6 is 23.2 Å². The highest BCUT2D eigenvalue weighted by Gasteiger charge is 2.16. The SMILES string of the molecule is CC(C)(C)OC(=O)NC(Cl)=CCl. The third-order valence-electron chi connectivity index (χ3n) is 0.716. The summed E-state index contributed by atoms with van der Waals surface area (Å²) in [6.45, 7) is 5.26.